The first kappa shape index (κ1) is 15.1. The van der Waals surface area contributed by atoms with Crippen LogP contribution in [0.5, 0.6) is 0 Å². The molecule has 0 atom stereocenters. The molecule has 0 aromatic carbocycles. The molecular weight excluding hydrogens is 322 g/mol. The van der Waals surface area contributed by atoms with Crippen LogP contribution in [0, 0.1) is 13.8 Å². The molecule has 0 aliphatic rings. The highest BCUT2D eigenvalue weighted by Gasteiger charge is 2.15. The highest BCUT2D eigenvalue weighted by Crippen LogP contribution is 2.28. The van der Waals surface area contributed by atoms with Gasteiger partial charge in [-0.15, -0.1) is 22.7 Å². The van der Waals surface area contributed by atoms with Gasteiger partial charge in [0.15, 0.2) is 4.96 Å². The Kier molecular flexibility index (Phi) is 3.98. The van der Waals surface area contributed by atoms with E-state index in [1.807, 2.05) is 13.8 Å². The fourth-order valence-electron chi connectivity index (χ4n) is 2.26. The lowest BCUT2D eigenvalue weighted by Gasteiger charge is -1.99. The number of amides is 1. The molecule has 22 heavy (non-hydrogen) atoms. The van der Waals surface area contributed by atoms with E-state index in [1.54, 1.807) is 6.20 Å². The molecule has 116 valence electrons. The summed E-state index contributed by atoms with van der Waals surface area (Å²) in [6, 6.07) is 0. The molecule has 0 saturated heterocycles. The number of carbonyl (C=O) groups is 1. The molecule has 2 N–H and O–H groups in total. The van der Waals surface area contributed by atoms with E-state index in [-0.39, 0.29) is 31.0 Å². The lowest BCUT2D eigenvalue weighted by Crippen LogP contribution is -2.27. The predicted molar refractivity (Wildman–Crippen MR) is 88.0 cm³/mol. The number of rotatable bonds is 4. The normalized spacial score (nSPS) is 11.4. The molecule has 0 saturated carbocycles. The maximum Gasteiger partial charge on any atom is 0.267 e. The molecule has 3 heterocycles. The standard InChI is InChI=1S/C14H15N3O3S2/c1-7-8(2)21-12-11(7)13(20)17-6-9(22-14(17)16-12)5-10(19)15-3-4-18/h6,18H,3-5H2,1-2H3,(H,15,19). The number of fused-ring (bicyclic) bond motifs is 2. The summed E-state index contributed by atoms with van der Waals surface area (Å²) >= 11 is 2.86. The van der Waals surface area contributed by atoms with Crippen LogP contribution in [0.3, 0.4) is 0 Å². The molecule has 0 aliphatic heterocycles. The third kappa shape index (κ3) is 2.53. The zero-order chi connectivity index (χ0) is 15.9. The first-order valence-electron chi connectivity index (χ1n) is 6.79. The summed E-state index contributed by atoms with van der Waals surface area (Å²) < 4.78 is 1.51. The largest absolute Gasteiger partial charge is 0.395 e. The van der Waals surface area contributed by atoms with Crippen LogP contribution in [0.2, 0.25) is 0 Å². The third-order valence-electron chi connectivity index (χ3n) is 3.47. The number of hydrogen-bond donors (Lipinski definition) is 2. The van der Waals surface area contributed by atoms with Crippen molar-refractivity contribution >= 4 is 43.8 Å². The first-order chi connectivity index (χ1) is 10.5. The number of aromatic nitrogens is 2. The summed E-state index contributed by atoms with van der Waals surface area (Å²) in [5, 5.41) is 12.0. The smallest absolute Gasteiger partial charge is 0.267 e. The highest BCUT2D eigenvalue weighted by molar-refractivity contribution is 7.19. The van der Waals surface area contributed by atoms with Crippen molar-refractivity contribution in [2.45, 2.75) is 20.3 Å². The Bertz CT molecular complexity index is 923. The van der Waals surface area contributed by atoms with Gasteiger partial charge in [0.1, 0.15) is 4.83 Å². The average molecular weight is 337 g/mol. The maximum atomic E-state index is 12.6. The van der Waals surface area contributed by atoms with E-state index < -0.39 is 0 Å². The molecule has 3 aromatic heterocycles. The molecule has 0 bridgehead atoms. The number of nitrogens with zero attached hydrogens (tertiary/aromatic N) is 2. The lowest BCUT2D eigenvalue weighted by atomic mass is 10.2. The Hall–Kier alpha value is -1.77. The second kappa shape index (κ2) is 5.79. The Labute approximate surface area is 134 Å². The number of thiophene rings is 1. The van der Waals surface area contributed by atoms with Crippen LogP contribution in [0.25, 0.3) is 15.2 Å². The molecule has 0 spiro atoms. The topological polar surface area (TPSA) is 83.7 Å². The minimum absolute atomic E-state index is 0.0832. The van der Waals surface area contributed by atoms with E-state index in [1.165, 1.54) is 27.1 Å². The van der Waals surface area contributed by atoms with Crippen molar-refractivity contribution in [3.05, 3.63) is 31.9 Å². The van der Waals surface area contributed by atoms with Gasteiger partial charge in [0.05, 0.1) is 18.4 Å². The van der Waals surface area contributed by atoms with Crippen LogP contribution in [0.4, 0.5) is 0 Å². The van der Waals surface area contributed by atoms with E-state index in [9.17, 15) is 9.59 Å². The summed E-state index contributed by atoms with van der Waals surface area (Å²) in [4.78, 5) is 32.0. The SMILES string of the molecule is Cc1sc2nc3sc(CC(=O)NCCO)cn3c(=O)c2c1C. The highest BCUT2D eigenvalue weighted by atomic mass is 32.1. The van der Waals surface area contributed by atoms with Crippen LogP contribution >= 0.6 is 22.7 Å². The van der Waals surface area contributed by atoms with Gasteiger partial charge in [0, 0.05) is 22.5 Å². The number of aryl methyl sites for hydroxylation is 2. The van der Waals surface area contributed by atoms with Gasteiger partial charge in [-0.3, -0.25) is 14.0 Å². The quantitative estimate of drug-likeness (QED) is 0.750. The number of carbonyl (C=O) groups excluding carboxylic acids is 1. The molecular formula is C14H15N3O3S2. The Morgan fingerprint density at radius 3 is 2.91 bits per heavy atom. The van der Waals surface area contributed by atoms with Gasteiger partial charge < -0.3 is 10.4 Å². The van der Waals surface area contributed by atoms with E-state index in [0.29, 0.717) is 10.3 Å². The summed E-state index contributed by atoms with van der Waals surface area (Å²) in [5.74, 6) is -0.178. The number of aliphatic hydroxyl groups is 1. The third-order valence-corrected chi connectivity index (χ3v) is 5.55. The van der Waals surface area contributed by atoms with Gasteiger partial charge in [-0.2, -0.15) is 0 Å². The van der Waals surface area contributed by atoms with E-state index in [0.717, 1.165) is 20.1 Å². The number of aliphatic hydroxyl groups excluding tert-OH is 1. The predicted octanol–water partition coefficient (Wildman–Crippen LogP) is 1.24. The number of nitrogens with one attached hydrogen (secondary N) is 1. The molecule has 0 radical (unpaired) electrons. The molecule has 6 nitrogen and oxygen atoms in total. The molecule has 0 unspecified atom stereocenters. The zero-order valence-electron chi connectivity index (χ0n) is 12.2. The van der Waals surface area contributed by atoms with E-state index in [2.05, 4.69) is 10.3 Å². The first-order valence-corrected chi connectivity index (χ1v) is 8.43. The molecule has 0 fully saturated rings. The van der Waals surface area contributed by atoms with Gasteiger partial charge in [-0.1, -0.05) is 0 Å². The van der Waals surface area contributed by atoms with Crippen molar-refractivity contribution in [3.8, 4) is 0 Å². The Balaban J connectivity index is 2.03. The number of thiazole rings is 1. The van der Waals surface area contributed by atoms with Crippen molar-refractivity contribution in [1.29, 1.82) is 0 Å². The monoisotopic (exact) mass is 337 g/mol. The molecule has 0 aliphatic carbocycles. The maximum absolute atomic E-state index is 12.6. The average Bonchev–Trinajstić information content (AvgIpc) is 2.99. The minimum atomic E-state index is -0.178. The van der Waals surface area contributed by atoms with Gasteiger partial charge in [-0.05, 0) is 19.4 Å². The fourth-order valence-corrected chi connectivity index (χ4v) is 4.30. The second-order valence-corrected chi connectivity index (χ2v) is 7.28. The molecule has 3 rings (SSSR count). The summed E-state index contributed by atoms with van der Waals surface area (Å²) in [7, 11) is 0. The second-order valence-electron chi connectivity index (χ2n) is 4.98. The summed E-state index contributed by atoms with van der Waals surface area (Å²) in [6.07, 6.45) is 1.86. The van der Waals surface area contributed by atoms with Gasteiger partial charge in [-0.25, -0.2) is 4.98 Å². The zero-order valence-corrected chi connectivity index (χ0v) is 13.8. The van der Waals surface area contributed by atoms with Crippen LogP contribution in [0.1, 0.15) is 15.3 Å². The van der Waals surface area contributed by atoms with Crippen molar-refractivity contribution in [2.24, 2.45) is 0 Å². The molecule has 3 aromatic rings. The van der Waals surface area contributed by atoms with Crippen molar-refractivity contribution in [2.75, 3.05) is 13.2 Å². The minimum Gasteiger partial charge on any atom is -0.395 e. The van der Waals surface area contributed by atoms with Crippen molar-refractivity contribution in [1.82, 2.24) is 14.7 Å². The van der Waals surface area contributed by atoms with Crippen LogP contribution in [0.15, 0.2) is 11.0 Å². The van der Waals surface area contributed by atoms with E-state index >= 15 is 0 Å². The van der Waals surface area contributed by atoms with Gasteiger partial charge in [0.2, 0.25) is 5.91 Å². The summed E-state index contributed by atoms with van der Waals surface area (Å²) in [6.45, 7) is 4.06. The van der Waals surface area contributed by atoms with Crippen molar-refractivity contribution in [3.63, 3.8) is 0 Å². The Morgan fingerprint density at radius 2 is 2.18 bits per heavy atom. The fraction of sp³-hybridized carbons (Fsp3) is 0.357. The van der Waals surface area contributed by atoms with Crippen LogP contribution in [-0.4, -0.2) is 33.6 Å². The van der Waals surface area contributed by atoms with Gasteiger partial charge in [0.25, 0.3) is 5.56 Å². The van der Waals surface area contributed by atoms with Crippen LogP contribution in [-0.2, 0) is 11.2 Å². The molecule has 8 heteroatoms. The van der Waals surface area contributed by atoms with Crippen molar-refractivity contribution < 1.29 is 9.90 Å². The van der Waals surface area contributed by atoms with Crippen LogP contribution < -0.4 is 10.9 Å². The lowest BCUT2D eigenvalue weighted by molar-refractivity contribution is -0.120. The molecule has 1 amide bonds. The summed E-state index contributed by atoms with van der Waals surface area (Å²) in [5.41, 5.74) is 0.889. The van der Waals surface area contributed by atoms with Gasteiger partial charge >= 0.3 is 0 Å². The Morgan fingerprint density at radius 1 is 1.41 bits per heavy atom. The van der Waals surface area contributed by atoms with E-state index in [4.69, 9.17) is 5.11 Å². The number of hydrogen-bond acceptors (Lipinski definition) is 6.